The Kier molecular flexibility index (Phi) is 6.92. The van der Waals surface area contributed by atoms with Gasteiger partial charge in [-0.25, -0.2) is 0 Å². The summed E-state index contributed by atoms with van der Waals surface area (Å²) in [5.74, 6) is 1.79. The molecule has 3 rings (SSSR count). The van der Waals surface area contributed by atoms with Gasteiger partial charge < -0.3 is 19.5 Å². The lowest BCUT2D eigenvalue weighted by atomic mass is 9.95. The Morgan fingerprint density at radius 3 is 2.57 bits per heavy atom. The molecule has 0 aromatic heterocycles. The molecule has 0 spiro atoms. The summed E-state index contributed by atoms with van der Waals surface area (Å²) in [6.07, 6.45) is 0.846. The largest absolute Gasteiger partial charge is 0.490 e. The summed E-state index contributed by atoms with van der Waals surface area (Å²) in [6, 6.07) is 10.5. The van der Waals surface area contributed by atoms with Crippen LogP contribution in [0.1, 0.15) is 31.9 Å². The Morgan fingerprint density at radius 1 is 1.11 bits per heavy atom. The molecular weight excluding hydrogens is 401 g/mol. The molecule has 1 aliphatic rings. The van der Waals surface area contributed by atoms with Crippen LogP contribution in [0.25, 0.3) is 0 Å². The number of amides is 1. The second-order valence-electron chi connectivity index (χ2n) is 6.91. The second-order valence-corrected chi connectivity index (χ2v) is 7.75. The van der Waals surface area contributed by atoms with E-state index in [4.69, 9.17) is 37.4 Å². The van der Waals surface area contributed by atoms with Crippen LogP contribution in [-0.4, -0.2) is 25.7 Å². The predicted octanol–water partition coefficient (Wildman–Crippen LogP) is 5.05. The smallest absolute Gasteiger partial charge is 0.258 e. The molecule has 1 N–H and O–H groups in total. The first-order valence-electron chi connectivity index (χ1n) is 9.21. The van der Waals surface area contributed by atoms with Gasteiger partial charge in [0.05, 0.1) is 24.3 Å². The van der Waals surface area contributed by atoms with Crippen LogP contribution in [0.15, 0.2) is 36.4 Å². The summed E-state index contributed by atoms with van der Waals surface area (Å²) in [5.41, 5.74) is 0.956. The van der Waals surface area contributed by atoms with E-state index in [1.165, 1.54) is 0 Å². The highest BCUT2D eigenvalue weighted by molar-refractivity contribution is 6.35. The van der Waals surface area contributed by atoms with Crippen molar-refractivity contribution in [3.63, 3.8) is 0 Å². The highest BCUT2D eigenvalue weighted by atomic mass is 35.5. The maximum Gasteiger partial charge on any atom is 0.258 e. The minimum Gasteiger partial charge on any atom is -0.490 e. The minimum atomic E-state index is -0.239. The first-order valence-corrected chi connectivity index (χ1v) is 9.96. The molecule has 0 bridgehead atoms. The molecule has 0 radical (unpaired) electrons. The number of nitrogens with one attached hydrogen (secondary N) is 1. The molecule has 150 valence electrons. The van der Waals surface area contributed by atoms with E-state index in [-0.39, 0.29) is 24.5 Å². The molecule has 1 aliphatic heterocycles. The van der Waals surface area contributed by atoms with Gasteiger partial charge in [-0.1, -0.05) is 43.1 Å². The number of fused-ring (bicyclic) bond motifs is 1. The summed E-state index contributed by atoms with van der Waals surface area (Å²) in [5, 5.41) is 3.90. The van der Waals surface area contributed by atoms with Gasteiger partial charge in [-0.05, 0) is 41.8 Å². The molecule has 1 amide bonds. The van der Waals surface area contributed by atoms with Gasteiger partial charge in [0.15, 0.2) is 18.1 Å². The van der Waals surface area contributed by atoms with Gasteiger partial charge in [-0.3, -0.25) is 4.79 Å². The molecule has 0 aliphatic carbocycles. The fourth-order valence-electron chi connectivity index (χ4n) is 2.96. The van der Waals surface area contributed by atoms with Crippen molar-refractivity contribution in [3.05, 3.63) is 52.0 Å². The number of rotatable bonds is 6. The molecule has 5 nitrogen and oxygen atoms in total. The average molecular weight is 424 g/mol. The third-order valence-corrected chi connectivity index (χ3v) is 4.90. The van der Waals surface area contributed by atoms with Crippen molar-refractivity contribution >= 4 is 29.1 Å². The molecule has 0 saturated carbocycles. The number of benzene rings is 2. The van der Waals surface area contributed by atoms with Gasteiger partial charge in [-0.2, -0.15) is 0 Å². The Bertz CT molecular complexity index is 841. The fourth-order valence-corrected chi connectivity index (χ4v) is 3.42. The SMILES string of the molecule is CC(C)C(NC(=O)COc1ccc(Cl)cc1Cl)c1ccc2c(c1)OCCCO2. The second kappa shape index (κ2) is 9.39. The van der Waals surface area contributed by atoms with E-state index in [9.17, 15) is 4.79 Å². The van der Waals surface area contributed by atoms with E-state index in [1.54, 1.807) is 18.2 Å². The first kappa shape index (κ1) is 20.6. The third-order valence-electron chi connectivity index (χ3n) is 4.37. The van der Waals surface area contributed by atoms with Crippen LogP contribution in [0.4, 0.5) is 0 Å². The lowest BCUT2D eigenvalue weighted by Crippen LogP contribution is -2.35. The lowest BCUT2D eigenvalue weighted by molar-refractivity contribution is -0.124. The topological polar surface area (TPSA) is 56.8 Å². The number of carbonyl (C=O) groups is 1. The number of hydrogen-bond donors (Lipinski definition) is 1. The molecule has 7 heteroatoms. The van der Waals surface area contributed by atoms with E-state index < -0.39 is 0 Å². The predicted molar refractivity (Wildman–Crippen MR) is 110 cm³/mol. The Morgan fingerprint density at radius 2 is 1.86 bits per heavy atom. The van der Waals surface area contributed by atoms with Crippen molar-refractivity contribution in [2.75, 3.05) is 19.8 Å². The van der Waals surface area contributed by atoms with Crippen LogP contribution in [0.5, 0.6) is 17.2 Å². The summed E-state index contributed by atoms with van der Waals surface area (Å²) in [6.45, 7) is 5.21. The van der Waals surface area contributed by atoms with Gasteiger partial charge in [0.2, 0.25) is 0 Å². The van der Waals surface area contributed by atoms with Crippen LogP contribution in [0, 0.1) is 5.92 Å². The molecule has 1 atom stereocenters. The van der Waals surface area contributed by atoms with Crippen molar-refractivity contribution in [1.29, 1.82) is 0 Å². The van der Waals surface area contributed by atoms with Crippen LogP contribution in [0.3, 0.4) is 0 Å². The van der Waals surface area contributed by atoms with Crippen molar-refractivity contribution in [2.24, 2.45) is 5.92 Å². The van der Waals surface area contributed by atoms with E-state index in [1.807, 2.05) is 32.0 Å². The van der Waals surface area contributed by atoms with Crippen LogP contribution >= 0.6 is 23.2 Å². The zero-order valence-corrected chi connectivity index (χ0v) is 17.3. The molecular formula is C21H23Cl2NO4. The van der Waals surface area contributed by atoms with Gasteiger partial charge in [0.1, 0.15) is 5.75 Å². The van der Waals surface area contributed by atoms with Crippen LogP contribution in [-0.2, 0) is 4.79 Å². The first-order chi connectivity index (χ1) is 13.4. The zero-order valence-electron chi connectivity index (χ0n) is 15.8. The maximum absolute atomic E-state index is 12.5. The summed E-state index contributed by atoms with van der Waals surface area (Å²) < 4.78 is 17.0. The molecule has 2 aromatic rings. The van der Waals surface area contributed by atoms with Crippen molar-refractivity contribution in [1.82, 2.24) is 5.32 Å². The molecule has 0 saturated heterocycles. The van der Waals surface area contributed by atoms with Crippen molar-refractivity contribution in [3.8, 4) is 17.2 Å². The third kappa shape index (κ3) is 5.24. The van der Waals surface area contributed by atoms with E-state index >= 15 is 0 Å². The molecule has 28 heavy (non-hydrogen) atoms. The van der Waals surface area contributed by atoms with Crippen LogP contribution in [0.2, 0.25) is 10.0 Å². The van der Waals surface area contributed by atoms with Gasteiger partial charge in [0, 0.05) is 11.4 Å². The highest BCUT2D eigenvalue weighted by Crippen LogP contribution is 2.34. The Labute approximate surface area is 174 Å². The van der Waals surface area contributed by atoms with E-state index in [2.05, 4.69) is 5.32 Å². The van der Waals surface area contributed by atoms with Gasteiger partial charge >= 0.3 is 0 Å². The monoisotopic (exact) mass is 423 g/mol. The highest BCUT2D eigenvalue weighted by Gasteiger charge is 2.21. The van der Waals surface area contributed by atoms with E-state index in [0.29, 0.717) is 34.8 Å². The fraction of sp³-hybridized carbons (Fsp3) is 0.381. The van der Waals surface area contributed by atoms with Gasteiger partial charge in [0.25, 0.3) is 5.91 Å². The minimum absolute atomic E-state index is 0.144. The van der Waals surface area contributed by atoms with Crippen molar-refractivity contribution < 1.29 is 19.0 Å². The average Bonchev–Trinajstić information content (AvgIpc) is 2.90. The summed E-state index contributed by atoms with van der Waals surface area (Å²) >= 11 is 12.0. The number of hydrogen-bond acceptors (Lipinski definition) is 4. The zero-order chi connectivity index (χ0) is 20.1. The summed E-state index contributed by atoms with van der Waals surface area (Å²) in [7, 11) is 0. The number of halogens is 2. The Hall–Kier alpha value is -2.11. The normalized spacial score (nSPS) is 14.3. The standard InChI is InChI=1S/C21H23Cl2NO4/c1-13(2)21(14-4-6-18-19(10-14)27-9-3-8-26-18)24-20(25)12-28-17-7-5-15(22)11-16(17)23/h4-7,10-11,13,21H,3,8-9,12H2,1-2H3,(H,24,25). The molecule has 1 heterocycles. The van der Waals surface area contributed by atoms with Crippen LogP contribution < -0.4 is 19.5 Å². The molecule has 1 unspecified atom stereocenters. The van der Waals surface area contributed by atoms with E-state index in [0.717, 1.165) is 17.7 Å². The lowest BCUT2D eigenvalue weighted by Gasteiger charge is -2.24. The molecule has 2 aromatic carbocycles. The quantitative estimate of drug-likeness (QED) is 0.706. The summed E-state index contributed by atoms with van der Waals surface area (Å²) in [4.78, 5) is 12.5. The van der Waals surface area contributed by atoms with Gasteiger partial charge in [-0.15, -0.1) is 0 Å². The molecule has 0 fully saturated rings. The number of ether oxygens (including phenoxy) is 3. The maximum atomic E-state index is 12.5. The van der Waals surface area contributed by atoms with Crippen molar-refractivity contribution in [2.45, 2.75) is 26.3 Å². The Balaban J connectivity index is 1.67. The number of carbonyl (C=O) groups excluding carboxylic acids is 1.